The third kappa shape index (κ3) is 1.59. The predicted octanol–water partition coefficient (Wildman–Crippen LogP) is 1.88. The van der Waals surface area contributed by atoms with Crippen molar-refractivity contribution < 1.29 is 0 Å². The molecule has 92 valence electrons. The molecule has 6 nitrogen and oxygen atoms in total. The van der Waals surface area contributed by atoms with Crippen molar-refractivity contribution in [2.45, 2.75) is 13.8 Å². The number of hydrogen-bond donors (Lipinski definition) is 0. The van der Waals surface area contributed by atoms with Gasteiger partial charge in [-0.25, -0.2) is 9.97 Å². The van der Waals surface area contributed by atoms with Crippen LogP contribution in [0.2, 0.25) is 0 Å². The summed E-state index contributed by atoms with van der Waals surface area (Å²) in [6.07, 6.45) is 3.36. The van der Waals surface area contributed by atoms with E-state index in [4.69, 9.17) is 0 Å². The minimum absolute atomic E-state index is 0.792. The monoisotopic (exact) mass is 260 g/mol. The summed E-state index contributed by atoms with van der Waals surface area (Å²) in [4.78, 5) is 11.7. The van der Waals surface area contributed by atoms with Crippen molar-refractivity contribution in [2.75, 3.05) is 18.0 Å². The van der Waals surface area contributed by atoms with Crippen molar-refractivity contribution in [1.82, 2.24) is 25.4 Å². The predicted molar refractivity (Wildman–Crippen MR) is 71.9 cm³/mol. The van der Waals surface area contributed by atoms with Crippen LogP contribution in [0.25, 0.3) is 20.6 Å². The summed E-state index contributed by atoms with van der Waals surface area (Å²) in [7, 11) is 0. The molecule has 3 rings (SSSR count). The molecule has 0 fully saturated rings. The van der Waals surface area contributed by atoms with Gasteiger partial charge in [0.15, 0.2) is 5.82 Å². The van der Waals surface area contributed by atoms with Crippen LogP contribution in [0.3, 0.4) is 0 Å². The van der Waals surface area contributed by atoms with Gasteiger partial charge in [0, 0.05) is 25.5 Å². The highest BCUT2D eigenvalue weighted by molar-refractivity contribution is 7.25. The third-order valence-corrected chi connectivity index (χ3v) is 3.93. The minimum Gasteiger partial charge on any atom is -0.354 e. The molecule has 0 spiro atoms. The van der Waals surface area contributed by atoms with Crippen molar-refractivity contribution in [3.8, 4) is 0 Å². The lowest BCUT2D eigenvalue weighted by Crippen LogP contribution is -2.23. The normalized spacial score (nSPS) is 11.2. The molecule has 0 saturated carbocycles. The standard InChI is InChI=1S/C11H12N6S/c1-3-17(4-2)10-9-7(14-16-15-10)8-11(18-9)13-6-5-12-8/h5-6H,3-4H2,1-2H3. The largest absolute Gasteiger partial charge is 0.354 e. The maximum atomic E-state index is 4.32. The first-order valence-corrected chi connectivity index (χ1v) is 6.64. The molecule has 0 unspecified atom stereocenters. The molecule has 0 N–H and O–H groups in total. The van der Waals surface area contributed by atoms with Crippen LogP contribution in [-0.4, -0.2) is 38.5 Å². The topological polar surface area (TPSA) is 67.7 Å². The van der Waals surface area contributed by atoms with Crippen LogP contribution in [-0.2, 0) is 0 Å². The summed E-state index contributed by atoms with van der Waals surface area (Å²) < 4.78 is 1.01. The molecule has 0 bridgehead atoms. The molecule has 7 heteroatoms. The maximum Gasteiger partial charge on any atom is 0.172 e. The Labute approximate surface area is 108 Å². The van der Waals surface area contributed by atoms with Crippen molar-refractivity contribution in [3.05, 3.63) is 12.4 Å². The van der Waals surface area contributed by atoms with Gasteiger partial charge < -0.3 is 4.90 Å². The van der Waals surface area contributed by atoms with Gasteiger partial charge in [-0.05, 0) is 19.1 Å². The molecule has 0 radical (unpaired) electrons. The van der Waals surface area contributed by atoms with Crippen LogP contribution in [0, 0.1) is 0 Å². The Morgan fingerprint density at radius 3 is 2.61 bits per heavy atom. The highest BCUT2D eigenvalue weighted by Gasteiger charge is 2.16. The first-order valence-electron chi connectivity index (χ1n) is 5.82. The zero-order chi connectivity index (χ0) is 12.5. The van der Waals surface area contributed by atoms with Gasteiger partial charge in [0.05, 0.1) is 0 Å². The molecule has 0 aliphatic rings. The number of thiophene rings is 1. The van der Waals surface area contributed by atoms with Gasteiger partial charge in [0.2, 0.25) is 0 Å². The Balaban J connectivity index is 2.34. The number of fused-ring (bicyclic) bond motifs is 3. The number of anilines is 1. The summed E-state index contributed by atoms with van der Waals surface area (Å²) >= 11 is 1.57. The van der Waals surface area contributed by atoms with E-state index < -0.39 is 0 Å². The summed E-state index contributed by atoms with van der Waals surface area (Å²) in [5.74, 6) is 0.870. The quantitative estimate of drug-likeness (QED) is 0.716. The summed E-state index contributed by atoms with van der Waals surface area (Å²) in [5, 5.41) is 12.1. The van der Waals surface area contributed by atoms with Crippen LogP contribution in [0.1, 0.15) is 13.8 Å². The average Bonchev–Trinajstić information content (AvgIpc) is 2.80. The molecule has 0 atom stereocenters. The fourth-order valence-electron chi connectivity index (χ4n) is 1.94. The van der Waals surface area contributed by atoms with E-state index in [1.807, 2.05) is 0 Å². The van der Waals surface area contributed by atoms with Crippen LogP contribution in [0.5, 0.6) is 0 Å². The summed E-state index contributed by atoms with van der Waals surface area (Å²) in [5.41, 5.74) is 1.60. The molecule has 3 aromatic heterocycles. The number of aromatic nitrogens is 5. The van der Waals surface area contributed by atoms with Crippen molar-refractivity contribution in [3.63, 3.8) is 0 Å². The molecule has 0 amide bonds. The van der Waals surface area contributed by atoms with Gasteiger partial charge >= 0.3 is 0 Å². The second kappa shape index (κ2) is 4.41. The summed E-state index contributed by atoms with van der Waals surface area (Å²) in [6.45, 7) is 5.97. The van der Waals surface area contributed by atoms with Gasteiger partial charge in [-0.15, -0.1) is 21.5 Å². The first-order chi connectivity index (χ1) is 8.85. The average molecular weight is 260 g/mol. The maximum absolute atomic E-state index is 4.32. The van der Waals surface area contributed by atoms with Gasteiger partial charge in [0.25, 0.3) is 0 Å². The number of rotatable bonds is 3. The lowest BCUT2D eigenvalue weighted by molar-refractivity contribution is 0.806. The number of nitrogens with zero attached hydrogens (tertiary/aromatic N) is 6. The molecular weight excluding hydrogens is 248 g/mol. The highest BCUT2D eigenvalue weighted by Crippen LogP contribution is 2.34. The molecule has 0 aliphatic heterocycles. The van der Waals surface area contributed by atoms with Crippen LogP contribution in [0.4, 0.5) is 5.82 Å². The zero-order valence-corrected chi connectivity index (χ0v) is 11.0. The summed E-state index contributed by atoms with van der Waals surface area (Å²) in [6, 6.07) is 0. The van der Waals surface area contributed by atoms with E-state index in [2.05, 4.69) is 44.1 Å². The van der Waals surface area contributed by atoms with Crippen LogP contribution >= 0.6 is 11.3 Å². The Bertz CT molecular complexity index is 690. The lowest BCUT2D eigenvalue weighted by Gasteiger charge is -2.18. The van der Waals surface area contributed by atoms with E-state index >= 15 is 0 Å². The van der Waals surface area contributed by atoms with Crippen molar-refractivity contribution >= 4 is 37.7 Å². The Hall–Kier alpha value is -1.89. The van der Waals surface area contributed by atoms with Crippen molar-refractivity contribution in [1.29, 1.82) is 0 Å². The SMILES string of the molecule is CCN(CC)c1nnnc2c1sc1nccnc12. The zero-order valence-electron chi connectivity index (χ0n) is 10.2. The molecule has 0 aromatic carbocycles. The van der Waals surface area contributed by atoms with Gasteiger partial charge in [-0.1, -0.05) is 0 Å². The Kier molecular flexibility index (Phi) is 2.75. The van der Waals surface area contributed by atoms with E-state index in [0.29, 0.717) is 0 Å². The Morgan fingerprint density at radius 1 is 1.06 bits per heavy atom. The fourth-order valence-corrected chi connectivity index (χ4v) is 2.99. The molecule has 3 heterocycles. The van der Waals surface area contributed by atoms with E-state index in [0.717, 1.165) is 39.5 Å². The van der Waals surface area contributed by atoms with E-state index in [9.17, 15) is 0 Å². The number of hydrogen-bond acceptors (Lipinski definition) is 7. The van der Waals surface area contributed by atoms with Gasteiger partial charge in [-0.2, -0.15) is 0 Å². The first kappa shape index (κ1) is 11.2. The molecule has 0 saturated heterocycles. The molecule has 18 heavy (non-hydrogen) atoms. The smallest absolute Gasteiger partial charge is 0.172 e. The molecule has 3 aromatic rings. The lowest BCUT2D eigenvalue weighted by atomic mass is 10.4. The van der Waals surface area contributed by atoms with Gasteiger partial charge in [0.1, 0.15) is 20.6 Å². The third-order valence-electron chi connectivity index (χ3n) is 2.85. The molecular formula is C11H12N6S. The van der Waals surface area contributed by atoms with E-state index in [1.165, 1.54) is 0 Å². The minimum atomic E-state index is 0.792. The second-order valence-corrected chi connectivity index (χ2v) is 4.77. The van der Waals surface area contributed by atoms with E-state index in [1.54, 1.807) is 23.7 Å². The highest BCUT2D eigenvalue weighted by atomic mass is 32.1. The Morgan fingerprint density at radius 2 is 1.83 bits per heavy atom. The fraction of sp³-hybridized carbons (Fsp3) is 0.364. The molecule has 0 aliphatic carbocycles. The second-order valence-electron chi connectivity index (χ2n) is 3.78. The van der Waals surface area contributed by atoms with E-state index in [-0.39, 0.29) is 0 Å². The van der Waals surface area contributed by atoms with Crippen LogP contribution < -0.4 is 4.90 Å². The van der Waals surface area contributed by atoms with Crippen molar-refractivity contribution in [2.24, 2.45) is 0 Å². The van der Waals surface area contributed by atoms with Crippen LogP contribution in [0.15, 0.2) is 12.4 Å². The van der Waals surface area contributed by atoms with Gasteiger partial charge in [-0.3, -0.25) is 0 Å².